The van der Waals surface area contributed by atoms with E-state index in [1.165, 1.54) is 7.11 Å². The number of carbonyl (C=O) groups excluding carboxylic acids is 1. The minimum absolute atomic E-state index is 0.0934. The van der Waals surface area contributed by atoms with E-state index in [0.717, 1.165) is 12.8 Å². The molecule has 0 heterocycles. The van der Waals surface area contributed by atoms with Crippen molar-refractivity contribution in [2.75, 3.05) is 20.3 Å². The molecule has 0 bridgehead atoms. The van der Waals surface area contributed by atoms with Crippen LogP contribution in [0.15, 0.2) is 0 Å². The summed E-state index contributed by atoms with van der Waals surface area (Å²) in [6.45, 7) is 0.801. The third-order valence-corrected chi connectivity index (χ3v) is 3.26. The Morgan fingerprint density at radius 3 is 2.48 bits per heavy atom. The fourth-order valence-electron chi connectivity index (χ4n) is 1.97. The van der Waals surface area contributed by atoms with Gasteiger partial charge in [-0.25, -0.2) is 9.59 Å². The Balaban J connectivity index is 2.49. The van der Waals surface area contributed by atoms with Gasteiger partial charge in [-0.15, -0.1) is 0 Å². The second-order valence-electron chi connectivity index (χ2n) is 5.04. The van der Waals surface area contributed by atoms with Crippen LogP contribution in [-0.2, 0) is 14.3 Å². The van der Waals surface area contributed by atoms with Gasteiger partial charge in [0.2, 0.25) is 0 Å². The van der Waals surface area contributed by atoms with Gasteiger partial charge in [-0.1, -0.05) is 0 Å². The number of carboxylic acids is 2. The van der Waals surface area contributed by atoms with Crippen LogP contribution in [0, 0.1) is 0 Å². The van der Waals surface area contributed by atoms with Gasteiger partial charge in [0.05, 0.1) is 6.61 Å². The van der Waals surface area contributed by atoms with Gasteiger partial charge in [-0.05, 0) is 25.7 Å². The van der Waals surface area contributed by atoms with E-state index in [2.05, 4.69) is 5.32 Å². The first-order valence-electron chi connectivity index (χ1n) is 6.96. The van der Waals surface area contributed by atoms with Gasteiger partial charge in [0.1, 0.15) is 6.04 Å². The monoisotopic (exact) mass is 302 g/mol. The van der Waals surface area contributed by atoms with E-state index in [-0.39, 0.29) is 25.3 Å². The van der Waals surface area contributed by atoms with Crippen molar-refractivity contribution in [1.82, 2.24) is 10.2 Å². The van der Waals surface area contributed by atoms with Gasteiger partial charge < -0.3 is 25.2 Å². The van der Waals surface area contributed by atoms with Crippen molar-refractivity contribution in [2.24, 2.45) is 0 Å². The second-order valence-corrected chi connectivity index (χ2v) is 5.04. The van der Waals surface area contributed by atoms with Crippen molar-refractivity contribution < 1.29 is 29.3 Å². The molecule has 0 radical (unpaired) electrons. The van der Waals surface area contributed by atoms with Crippen molar-refractivity contribution in [3.05, 3.63) is 0 Å². The minimum Gasteiger partial charge on any atom is -0.481 e. The maximum Gasteiger partial charge on any atom is 0.326 e. The number of hydrogen-bond donors (Lipinski definition) is 3. The molecule has 0 aromatic rings. The maximum atomic E-state index is 12.1. The lowest BCUT2D eigenvalue weighted by Crippen LogP contribution is -2.49. The topological polar surface area (TPSA) is 116 Å². The fraction of sp³-hybridized carbons (Fsp3) is 0.769. The molecule has 0 spiro atoms. The molecule has 21 heavy (non-hydrogen) atoms. The molecule has 1 fully saturated rings. The summed E-state index contributed by atoms with van der Waals surface area (Å²) in [5, 5.41) is 20.1. The number of urea groups is 1. The summed E-state index contributed by atoms with van der Waals surface area (Å²) >= 11 is 0. The Hall–Kier alpha value is -1.83. The zero-order valence-electron chi connectivity index (χ0n) is 12.1. The molecule has 0 aliphatic heterocycles. The van der Waals surface area contributed by atoms with E-state index in [1.807, 2.05) is 0 Å². The van der Waals surface area contributed by atoms with Gasteiger partial charge in [-0.3, -0.25) is 4.79 Å². The number of amides is 2. The van der Waals surface area contributed by atoms with Gasteiger partial charge in [-0.2, -0.15) is 0 Å². The number of methoxy groups -OCH3 is 1. The first-order valence-corrected chi connectivity index (χ1v) is 6.96. The van der Waals surface area contributed by atoms with Crippen LogP contribution >= 0.6 is 0 Å². The van der Waals surface area contributed by atoms with Crippen LogP contribution in [0.5, 0.6) is 0 Å². The Morgan fingerprint density at radius 1 is 1.33 bits per heavy atom. The van der Waals surface area contributed by atoms with Crippen LogP contribution in [0.3, 0.4) is 0 Å². The van der Waals surface area contributed by atoms with Gasteiger partial charge >= 0.3 is 18.0 Å². The van der Waals surface area contributed by atoms with Crippen LogP contribution < -0.4 is 5.32 Å². The molecule has 0 unspecified atom stereocenters. The Morgan fingerprint density at radius 2 is 2.00 bits per heavy atom. The minimum atomic E-state index is -1.16. The summed E-state index contributed by atoms with van der Waals surface area (Å²) < 4.78 is 4.94. The van der Waals surface area contributed by atoms with E-state index in [4.69, 9.17) is 14.9 Å². The highest BCUT2D eigenvalue weighted by atomic mass is 16.5. The van der Waals surface area contributed by atoms with Gasteiger partial charge in [0, 0.05) is 26.1 Å². The van der Waals surface area contributed by atoms with Crippen LogP contribution in [0.1, 0.15) is 32.1 Å². The SMILES string of the molecule is COCCN(C(=O)N[C@H](CCCC(=O)O)C(=O)O)C1CC1. The zero-order valence-corrected chi connectivity index (χ0v) is 12.1. The summed E-state index contributed by atoms with van der Waals surface area (Å²) in [6, 6.07) is -1.36. The highest BCUT2D eigenvalue weighted by Gasteiger charge is 2.33. The van der Waals surface area contributed by atoms with E-state index in [9.17, 15) is 14.4 Å². The van der Waals surface area contributed by atoms with Crippen molar-refractivity contribution in [1.29, 1.82) is 0 Å². The molecular formula is C13H22N2O6. The average molecular weight is 302 g/mol. The van der Waals surface area contributed by atoms with E-state index < -0.39 is 24.0 Å². The fourth-order valence-corrected chi connectivity index (χ4v) is 1.97. The summed E-state index contributed by atoms with van der Waals surface area (Å²) in [6.07, 6.45) is 2.00. The second kappa shape index (κ2) is 8.46. The van der Waals surface area contributed by atoms with Gasteiger partial charge in [0.15, 0.2) is 0 Å². The third kappa shape index (κ3) is 6.44. The number of aliphatic carboxylic acids is 2. The number of nitrogens with one attached hydrogen (secondary N) is 1. The predicted octanol–water partition coefficient (Wildman–Crippen LogP) is 0.515. The van der Waals surface area contributed by atoms with Crippen LogP contribution in [-0.4, -0.2) is 65.4 Å². The molecule has 1 aliphatic carbocycles. The molecule has 0 aromatic carbocycles. The quantitative estimate of drug-likeness (QED) is 0.541. The van der Waals surface area contributed by atoms with E-state index >= 15 is 0 Å². The van der Waals surface area contributed by atoms with E-state index in [0.29, 0.717) is 13.2 Å². The number of ether oxygens (including phenoxy) is 1. The molecule has 8 heteroatoms. The van der Waals surface area contributed by atoms with Crippen molar-refractivity contribution in [2.45, 2.75) is 44.2 Å². The molecule has 3 N–H and O–H groups in total. The molecule has 0 saturated heterocycles. The van der Waals surface area contributed by atoms with Crippen molar-refractivity contribution >= 4 is 18.0 Å². The normalized spacial score (nSPS) is 15.3. The maximum absolute atomic E-state index is 12.1. The zero-order chi connectivity index (χ0) is 15.8. The number of rotatable bonds is 10. The highest BCUT2D eigenvalue weighted by Crippen LogP contribution is 2.26. The van der Waals surface area contributed by atoms with Gasteiger partial charge in [0.25, 0.3) is 0 Å². The number of carbonyl (C=O) groups is 3. The summed E-state index contributed by atoms with van der Waals surface area (Å²) in [4.78, 5) is 35.3. The number of nitrogens with zero attached hydrogens (tertiary/aromatic N) is 1. The predicted molar refractivity (Wildman–Crippen MR) is 73.0 cm³/mol. The molecule has 120 valence electrons. The lowest BCUT2D eigenvalue weighted by atomic mass is 10.1. The van der Waals surface area contributed by atoms with E-state index in [1.54, 1.807) is 4.90 Å². The third-order valence-electron chi connectivity index (χ3n) is 3.26. The average Bonchev–Trinajstić information content (AvgIpc) is 3.22. The summed E-state index contributed by atoms with van der Waals surface area (Å²) in [5.74, 6) is -2.14. The molecule has 0 aromatic heterocycles. The largest absolute Gasteiger partial charge is 0.481 e. The highest BCUT2D eigenvalue weighted by molar-refractivity contribution is 5.83. The van der Waals surface area contributed by atoms with Crippen LogP contribution in [0.2, 0.25) is 0 Å². The number of hydrogen-bond acceptors (Lipinski definition) is 4. The first kappa shape index (κ1) is 17.2. The molecule has 1 atom stereocenters. The van der Waals surface area contributed by atoms with Crippen molar-refractivity contribution in [3.8, 4) is 0 Å². The summed E-state index contributed by atoms with van der Waals surface area (Å²) in [7, 11) is 1.54. The smallest absolute Gasteiger partial charge is 0.326 e. The summed E-state index contributed by atoms with van der Waals surface area (Å²) in [5.41, 5.74) is 0. The molecule has 1 rings (SSSR count). The van der Waals surface area contributed by atoms with Crippen LogP contribution in [0.4, 0.5) is 4.79 Å². The Kier molecular flexibility index (Phi) is 6.93. The molecule has 1 saturated carbocycles. The number of carboxylic acid groups (broad SMARTS) is 2. The first-order chi connectivity index (χ1) is 9.95. The molecular weight excluding hydrogens is 280 g/mol. The Bertz CT molecular complexity index is 383. The lowest BCUT2D eigenvalue weighted by molar-refractivity contribution is -0.140. The lowest BCUT2D eigenvalue weighted by Gasteiger charge is -2.24. The Labute approximate surface area is 123 Å². The standard InChI is InChI=1S/C13H22N2O6/c1-21-8-7-15(9-5-6-9)13(20)14-10(12(18)19)3-2-4-11(16)17/h9-10H,2-8H2,1H3,(H,14,20)(H,16,17)(H,18,19)/t10-/m1/s1. The molecule has 8 nitrogen and oxygen atoms in total. The molecule has 2 amide bonds. The molecule has 1 aliphatic rings. The van der Waals surface area contributed by atoms with Crippen molar-refractivity contribution in [3.63, 3.8) is 0 Å². The van der Waals surface area contributed by atoms with Crippen LogP contribution in [0.25, 0.3) is 0 Å².